The summed E-state index contributed by atoms with van der Waals surface area (Å²) in [6.07, 6.45) is 22.2. The number of allylic oxidation sites excluding steroid dienone is 2. The number of rotatable bonds is 16. The number of hydrogen-bond donors (Lipinski definition) is 0. The number of hydrogen-bond acceptors (Lipinski definition) is 4. The fourth-order valence-corrected chi connectivity index (χ4v) is 2.44. The SMILES string of the molecule is CCCCCCCCC=CC(=O)[O-].CCCCCCCCC=CC(=O)[O-].[Zn+2]. The van der Waals surface area contributed by atoms with E-state index in [-0.39, 0.29) is 19.5 Å². The second-order valence-corrected chi connectivity index (χ2v) is 6.56. The molecule has 152 valence electrons. The van der Waals surface area contributed by atoms with Gasteiger partial charge in [-0.3, -0.25) is 0 Å². The van der Waals surface area contributed by atoms with Crippen molar-refractivity contribution in [3.63, 3.8) is 0 Å². The van der Waals surface area contributed by atoms with E-state index in [1.54, 1.807) is 12.2 Å². The Bertz CT molecular complexity index is 343. The van der Waals surface area contributed by atoms with Crippen LogP contribution in [0.5, 0.6) is 0 Å². The monoisotopic (exact) mass is 430 g/mol. The van der Waals surface area contributed by atoms with E-state index in [1.807, 2.05) is 0 Å². The third-order valence-electron chi connectivity index (χ3n) is 3.96. The summed E-state index contributed by atoms with van der Waals surface area (Å²) in [6.45, 7) is 4.39. The molecule has 0 bridgehead atoms. The largest absolute Gasteiger partial charge is 2.00 e. The van der Waals surface area contributed by atoms with Crippen LogP contribution in [-0.2, 0) is 29.1 Å². The molecule has 27 heavy (non-hydrogen) atoms. The van der Waals surface area contributed by atoms with Gasteiger partial charge in [0.25, 0.3) is 0 Å². The molecule has 0 fully saturated rings. The fourth-order valence-electron chi connectivity index (χ4n) is 2.44. The van der Waals surface area contributed by atoms with Crippen LogP contribution >= 0.6 is 0 Å². The zero-order valence-electron chi connectivity index (χ0n) is 17.5. The molecule has 0 rings (SSSR count). The van der Waals surface area contributed by atoms with Crippen molar-refractivity contribution in [2.24, 2.45) is 0 Å². The van der Waals surface area contributed by atoms with Gasteiger partial charge in [0.15, 0.2) is 0 Å². The Balaban J connectivity index is -0.000000411. The maximum Gasteiger partial charge on any atom is 2.00 e. The van der Waals surface area contributed by atoms with Crippen molar-refractivity contribution >= 4 is 11.9 Å². The predicted molar refractivity (Wildman–Crippen MR) is 104 cm³/mol. The summed E-state index contributed by atoms with van der Waals surface area (Å²) in [5.41, 5.74) is 0. The van der Waals surface area contributed by atoms with E-state index in [2.05, 4.69) is 13.8 Å². The molecule has 0 aromatic heterocycles. The first-order valence-electron chi connectivity index (χ1n) is 10.3. The Morgan fingerprint density at radius 3 is 1.19 bits per heavy atom. The quantitative estimate of drug-likeness (QED) is 0.209. The van der Waals surface area contributed by atoms with Crippen LogP contribution in [0.4, 0.5) is 0 Å². The summed E-state index contributed by atoms with van der Waals surface area (Å²) in [4.78, 5) is 20.0. The minimum Gasteiger partial charge on any atom is -0.545 e. The molecule has 0 amide bonds. The first kappa shape index (κ1) is 30.8. The number of unbranched alkanes of at least 4 members (excludes halogenated alkanes) is 12. The Hall–Kier alpha value is -0.957. The third-order valence-corrected chi connectivity index (χ3v) is 3.96. The van der Waals surface area contributed by atoms with Gasteiger partial charge in [0, 0.05) is 0 Å². The Kier molecular flexibility index (Phi) is 31.1. The van der Waals surface area contributed by atoms with E-state index in [0.29, 0.717) is 0 Å². The zero-order chi connectivity index (χ0) is 19.9. The van der Waals surface area contributed by atoms with Gasteiger partial charge in [-0.2, -0.15) is 0 Å². The minimum absolute atomic E-state index is 0. The van der Waals surface area contributed by atoms with Gasteiger partial charge in [0.2, 0.25) is 0 Å². The van der Waals surface area contributed by atoms with Crippen LogP contribution in [0.3, 0.4) is 0 Å². The van der Waals surface area contributed by atoms with E-state index < -0.39 is 11.9 Å². The molecule has 0 aromatic rings. The van der Waals surface area contributed by atoms with Gasteiger partial charge in [0.1, 0.15) is 0 Å². The summed E-state index contributed by atoms with van der Waals surface area (Å²) in [5, 5.41) is 20.0. The van der Waals surface area contributed by atoms with Gasteiger partial charge in [-0.15, -0.1) is 0 Å². The van der Waals surface area contributed by atoms with Crippen LogP contribution < -0.4 is 10.2 Å². The smallest absolute Gasteiger partial charge is 0.545 e. The third kappa shape index (κ3) is 36.7. The van der Waals surface area contributed by atoms with Crippen molar-refractivity contribution in [2.45, 2.75) is 104 Å². The molecule has 0 N–H and O–H groups in total. The zero-order valence-corrected chi connectivity index (χ0v) is 20.5. The predicted octanol–water partition coefficient (Wildman–Crippen LogP) is 4.08. The summed E-state index contributed by atoms with van der Waals surface area (Å²) in [6, 6.07) is 0. The number of aliphatic carboxylic acids is 2. The van der Waals surface area contributed by atoms with Crippen LogP contribution in [0.2, 0.25) is 0 Å². The summed E-state index contributed by atoms with van der Waals surface area (Å²) < 4.78 is 0. The van der Waals surface area contributed by atoms with E-state index >= 15 is 0 Å². The van der Waals surface area contributed by atoms with Crippen molar-refractivity contribution in [1.29, 1.82) is 0 Å². The molecular weight excluding hydrogens is 394 g/mol. The Morgan fingerprint density at radius 2 is 0.889 bits per heavy atom. The maximum absolute atomic E-state index is 9.98. The molecule has 0 aliphatic carbocycles. The van der Waals surface area contributed by atoms with E-state index in [1.165, 1.54) is 64.2 Å². The number of carboxylic acid groups (broad SMARTS) is 2. The van der Waals surface area contributed by atoms with Crippen molar-refractivity contribution in [3.05, 3.63) is 24.3 Å². The molecule has 0 saturated carbocycles. The van der Waals surface area contributed by atoms with Gasteiger partial charge in [-0.25, -0.2) is 0 Å². The van der Waals surface area contributed by atoms with Gasteiger partial charge < -0.3 is 19.8 Å². The average molecular weight is 432 g/mol. The molecule has 0 spiro atoms. The van der Waals surface area contributed by atoms with Gasteiger partial charge in [-0.1, -0.05) is 90.2 Å². The summed E-state index contributed by atoms with van der Waals surface area (Å²) in [5.74, 6) is -2.18. The van der Waals surface area contributed by atoms with E-state index in [4.69, 9.17) is 0 Å². The minimum atomic E-state index is -1.09. The van der Waals surface area contributed by atoms with Crippen LogP contribution in [0.25, 0.3) is 0 Å². The Morgan fingerprint density at radius 1 is 0.593 bits per heavy atom. The van der Waals surface area contributed by atoms with Crippen LogP contribution in [0, 0.1) is 0 Å². The second-order valence-electron chi connectivity index (χ2n) is 6.56. The first-order valence-corrected chi connectivity index (χ1v) is 10.3. The molecule has 0 radical (unpaired) electrons. The molecular formula is C22H38O4Zn. The number of carboxylic acids is 2. The molecule has 0 aromatic carbocycles. The molecule has 0 aliphatic heterocycles. The Labute approximate surface area is 179 Å². The molecule has 0 unspecified atom stereocenters. The van der Waals surface area contributed by atoms with Crippen LogP contribution in [0.1, 0.15) is 104 Å². The van der Waals surface area contributed by atoms with Gasteiger partial charge in [0.05, 0.1) is 11.9 Å². The normalized spacial score (nSPS) is 10.4. The molecule has 4 nitrogen and oxygen atoms in total. The fraction of sp³-hybridized carbons (Fsp3) is 0.727. The van der Waals surface area contributed by atoms with Crippen molar-refractivity contribution in [2.75, 3.05) is 0 Å². The number of carbonyl (C=O) groups is 2. The van der Waals surface area contributed by atoms with Crippen LogP contribution in [0.15, 0.2) is 24.3 Å². The first-order chi connectivity index (χ1) is 12.5. The summed E-state index contributed by atoms with van der Waals surface area (Å²) >= 11 is 0. The molecule has 0 atom stereocenters. The topological polar surface area (TPSA) is 80.3 Å². The second kappa shape index (κ2) is 27.3. The molecule has 0 aliphatic rings. The molecule has 5 heteroatoms. The van der Waals surface area contributed by atoms with Crippen molar-refractivity contribution in [1.82, 2.24) is 0 Å². The van der Waals surface area contributed by atoms with E-state index in [0.717, 1.165) is 37.8 Å². The maximum atomic E-state index is 9.98. The molecule has 0 saturated heterocycles. The van der Waals surface area contributed by atoms with Crippen LogP contribution in [-0.4, -0.2) is 11.9 Å². The van der Waals surface area contributed by atoms with Gasteiger partial charge >= 0.3 is 19.5 Å². The average Bonchev–Trinajstić information content (AvgIpc) is 2.60. The van der Waals surface area contributed by atoms with Crippen molar-refractivity contribution in [3.8, 4) is 0 Å². The number of carbonyl (C=O) groups excluding carboxylic acids is 2. The molecule has 0 heterocycles. The summed E-state index contributed by atoms with van der Waals surface area (Å²) in [7, 11) is 0. The van der Waals surface area contributed by atoms with Crippen molar-refractivity contribution < 1.29 is 39.3 Å². The van der Waals surface area contributed by atoms with E-state index in [9.17, 15) is 19.8 Å². The standard InChI is InChI=1S/2C11H20O2.Zn/c2*1-2-3-4-5-6-7-8-9-10-11(12)13;/h2*9-10H,2-8H2,1H3,(H,12,13);/q;;+2/p-2. The van der Waals surface area contributed by atoms with Gasteiger partial charge in [-0.05, 0) is 37.8 Å².